The van der Waals surface area contributed by atoms with Gasteiger partial charge in [-0.15, -0.1) is 0 Å². The lowest BCUT2D eigenvalue weighted by molar-refractivity contribution is -0.132. The van der Waals surface area contributed by atoms with E-state index >= 15 is 0 Å². The largest absolute Gasteiger partial charge is 0.459 e. The summed E-state index contributed by atoms with van der Waals surface area (Å²) in [5, 5.41) is 5.25. The molecule has 1 amide bonds. The van der Waals surface area contributed by atoms with Crippen LogP contribution in [-0.2, 0) is 11.2 Å². The number of benzene rings is 1. The second-order valence-corrected chi connectivity index (χ2v) is 7.10. The average Bonchev–Trinajstić information content (AvgIpc) is 3.33. The summed E-state index contributed by atoms with van der Waals surface area (Å²) in [6.45, 7) is 5.91. The highest BCUT2D eigenvalue weighted by atomic mass is 16.3. The van der Waals surface area contributed by atoms with Crippen LogP contribution in [0.25, 0.3) is 16.7 Å². The minimum atomic E-state index is -0.141. The predicted molar refractivity (Wildman–Crippen MR) is 106 cm³/mol. The maximum absolute atomic E-state index is 12.8. The van der Waals surface area contributed by atoms with Gasteiger partial charge in [0, 0.05) is 30.2 Å². The number of rotatable bonds is 5. The van der Waals surface area contributed by atoms with Crippen molar-refractivity contribution in [2.75, 3.05) is 7.05 Å². The summed E-state index contributed by atoms with van der Waals surface area (Å²) >= 11 is 0. The topological polar surface area (TPSA) is 76.5 Å². The standard InChI is InChI=1S/C21H23N5O2/c1-13-17(14(2)26-21(24-13)22-12-23-26)9-10-20(27)25(4)15(3)19-11-16-7-5-6-8-18(16)28-19/h5-8,11-12,15H,9-10H2,1-4H3. The molecule has 0 spiro atoms. The number of aromatic nitrogens is 4. The Morgan fingerprint density at radius 3 is 2.86 bits per heavy atom. The van der Waals surface area contributed by atoms with E-state index in [4.69, 9.17) is 4.42 Å². The van der Waals surface area contributed by atoms with E-state index in [-0.39, 0.29) is 11.9 Å². The lowest BCUT2D eigenvalue weighted by Crippen LogP contribution is -2.29. The fourth-order valence-corrected chi connectivity index (χ4v) is 3.54. The third-order valence-corrected chi connectivity index (χ3v) is 5.41. The zero-order valence-corrected chi connectivity index (χ0v) is 16.5. The number of fused-ring (bicyclic) bond motifs is 2. The number of carbonyl (C=O) groups is 1. The minimum Gasteiger partial charge on any atom is -0.459 e. The van der Waals surface area contributed by atoms with Gasteiger partial charge in [0.05, 0.1) is 6.04 Å². The van der Waals surface area contributed by atoms with Crippen molar-refractivity contribution in [1.29, 1.82) is 0 Å². The lowest BCUT2D eigenvalue weighted by Gasteiger charge is -2.23. The van der Waals surface area contributed by atoms with E-state index in [1.54, 1.807) is 9.42 Å². The molecule has 0 N–H and O–H groups in total. The molecule has 0 radical (unpaired) electrons. The Kier molecular flexibility index (Phi) is 4.58. The monoisotopic (exact) mass is 377 g/mol. The second-order valence-electron chi connectivity index (χ2n) is 7.10. The van der Waals surface area contributed by atoms with Crippen LogP contribution in [0.3, 0.4) is 0 Å². The van der Waals surface area contributed by atoms with Crippen molar-refractivity contribution < 1.29 is 9.21 Å². The molecule has 1 atom stereocenters. The molecule has 0 saturated carbocycles. The number of hydrogen-bond acceptors (Lipinski definition) is 5. The Morgan fingerprint density at radius 1 is 1.29 bits per heavy atom. The van der Waals surface area contributed by atoms with Gasteiger partial charge in [-0.2, -0.15) is 10.1 Å². The molecule has 0 aliphatic carbocycles. The Hall–Kier alpha value is -3.22. The molecule has 28 heavy (non-hydrogen) atoms. The van der Waals surface area contributed by atoms with E-state index in [9.17, 15) is 4.79 Å². The average molecular weight is 377 g/mol. The number of hydrogen-bond donors (Lipinski definition) is 0. The SMILES string of the molecule is Cc1nc2ncnn2c(C)c1CCC(=O)N(C)C(C)c1cc2ccccc2o1. The maximum atomic E-state index is 12.8. The highest BCUT2D eigenvalue weighted by Gasteiger charge is 2.21. The van der Waals surface area contributed by atoms with Crippen LogP contribution in [0.5, 0.6) is 0 Å². The maximum Gasteiger partial charge on any atom is 0.252 e. The number of aryl methyl sites for hydroxylation is 2. The van der Waals surface area contributed by atoms with E-state index in [1.165, 1.54) is 6.33 Å². The molecular formula is C21H23N5O2. The molecule has 3 aromatic heterocycles. The molecule has 7 nitrogen and oxygen atoms in total. The first-order valence-electron chi connectivity index (χ1n) is 9.35. The molecular weight excluding hydrogens is 354 g/mol. The number of nitrogens with zero attached hydrogens (tertiary/aromatic N) is 5. The Labute approximate surface area is 163 Å². The molecule has 144 valence electrons. The summed E-state index contributed by atoms with van der Waals surface area (Å²) < 4.78 is 7.63. The third-order valence-electron chi connectivity index (χ3n) is 5.41. The molecule has 0 saturated heterocycles. The Morgan fingerprint density at radius 2 is 2.07 bits per heavy atom. The second kappa shape index (κ2) is 7.07. The van der Waals surface area contributed by atoms with Gasteiger partial charge < -0.3 is 9.32 Å². The fraction of sp³-hybridized carbons (Fsp3) is 0.333. The smallest absolute Gasteiger partial charge is 0.252 e. The van der Waals surface area contributed by atoms with E-state index < -0.39 is 0 Å². The molecule has 4 aromatic rings. The molecule has 0 bridgehead atoms. The number of para-hydroxylation sites is 1. The van der Waals surface area contributed by atoms with Gasteiger partial charge in [0.25, 0.3) is 5.78 Å². The molecule has 7 heteroatoms. The summed E-state index contributed by atoms with van der Waals surface area (Å²) in [6, 6.07) is 9.73. The van der Waals surface area contributed by atoms with Crippen LogP contribution in [0.1, 0.15) is 42.1 Å². The van der Waals surface area contributed by atoms with Crippen molar-refractivity contribution in [3.8, 4) is 0 Å². The number of furan rings is 1. The number of carbonyl (C=O) groups excluding carboxylic acids is 1. The fourth-order valence-electron chi connectivity index (χ4n) is 3.54. The summed E-state index contributed by atoms with van der Waals surface area (Å²) in [6.07, 6.45) is 2.49. The summed E-state index contributed by atoms with van der Waals surface area (Å²) in [5.41, 5.74) is 3.74. The molecule has 0 fully saturated rings. The summed E-state index contributed by atoms with van der Waals surface area (Å²) in [7, 11) is 1.82. The van der Waals surface area contributed by atoms with Crippen LogP contribution in [0.4, 0.5) is 0 Å². The normalized spacial score (nSPS) is 12.6. The van der Waals surface area contributed by atoms with Crippen LogP contribution < -0.4 is 0 Å². The number of amides is 1. The van der Waals surface area contributed by atoms with Crippen LogP contribution in [-0.4, -0.2) is 37.4 Å². The van der Waals surface area contributed by atoms with Gasteiger partial charge in [-0.1, -0.05) is 18.2 Å². The van der Waals surface area contributed by atoms with Crippen LogP contribution >= 0.6 is 0 Å². The molecule has 4 rings (SSSR count). The first kappa shape index (κ1) is 18.2. The Bertz CT molecular complexity index is 1130. The zero-order valence-electron chi connectivity index (χ0n) is 16.5. The van der Waals surface area contributed by atoms with Crippen molar-refractivity contribution >= 4 is 22.7 Å². The van der Waals surface area contributed by atoms with E-state index in [0.717, 1.165) is 33.7 Å². The highest BCUT2D eigenvalue weighted by molar-refractivity contribution is 5.79. The predicted octanol–water partition coefficient (Wildman–Crippen LogP) is 3.64. The molecule has 3 heterocycles. The molecule has 0 aliphatic rings. The van der Waals surface area contributed by atoms with Crippen molar-refractivity contribution in [3.63, 3.8) is 0 Å². The Balaban J connectivity index is 1.48. The first-order valence-corrected chi connectivity index (χ1v) is 9.35. The molecule has 0 aliphatic heterocycles. The molecule has 1 unspecified atom stereocenters. The van der Waals surface area contributed by atoms with Crippen molar-refractivity contribution in [1.82, 2.24) is 24.5 Å². The van der Waals surface area contributed by atoms with Gasteiger partial charge in [0.2, 0.25) is 5.91 Å². The zero-order chi connectivity index (χ0) is 19.8. The summed E-state index contributed by atoms with van der Waals surface area (Å²) in [5.74, 6) is 1.43. The van der Waals surface area contributed by atoms with Crippen LogP contribution in [0.2, 0.25) is 0 Å². The van der Waals surface area contributed by atoms with E-state index in [2.05, 4.69) is 15.1 Å². The van der Waals surface area contributed by atoms with Crippen molar-refractivity contribution in [3.05, 3.63) is 59.4 Å². The van der Waals surface area contributed by atoms with E-state index in [0.29, 0.717) is 18.6 Å². The van der Waals surface area contributed by atoms with Gasteiger partial charge in [0.1, 0.15) is 17.7 Å². The minimum absolute atomic E-state index is 0.0606. The lowest BCUT2D eigenvalue weighted by atomic mass is 10.1. The van der Waals surface area contributed by atoms with Crippen molar-refractivity contribution in [2.24, 2.45) is 0 Å². The van der Waals surface area contributed by atoms with Crippen molar-refractivity contribution in [2.45, 2.75) is 39.7 Å². The highest BCUT2D eigenvalue weighted by Crippen LogP contribution is 2.27. The van der Waals surface area contributed by atoms with Gasteiger partial charge >= 0.3 is 0 Å². The molecule has 1 aromatic carbocycles. The first-order chi connectivity index (χ1) is 13.5. The van der Waals surface area contributed by atoms with E-state index in [1.807, 2.05) is 58.2 Å². The quantitative estimate of drug-likeness (QED) is 0.531. The summed E-state index contributed by atoms with van der Waals surface area (Å²) in [4.78, 5) is 23.2. The van der Waals surface area contributed by atoms with Gasteiger partial charge in [0.15, 0.2) is 0 Å². The van der Waals surface area contributed by atoms with Gasteiger partial charge in [-0.25, -0.2) is 9.50 Å². The van der Waals surface area contributed by atoms with Gasteiger partial charge in [-0.05, 0) is 44.9 Å². The third kappa shape index (κ3) is 3.13. The van der Waals surface area contributed by atoms with Gasteiger partial charge in [-0.3, -0.25) is 4.79 Å². The van der Waals surface area contributed by atoms with Crippen LogP contribution in [0.15, 0.2) is 41.1 Å². The van der Waals surface area contributed by atoms with Crippen LogP contribution in [0, 0.1) is 13.8 Å².